The van der Waals surface area contributed by atoms with Gasteiger partial charge in [-0.2, -0.15) is 0 Å². The molecule has 0 aliphatic heterocycles. The van der Waals surface area contributed by atoms with Crippen molar-refractivity contribution in [3.63, 3.8) is 0 Å². The highest BCUT2D eigenvalue weighted by Crippen LogP contribution is 2.22. The number of amides is 4. The lowest BCUT2D eigenvalue weighted by Crippen LogP contribution is -2.52. The zero-order valence-electron chi connectivity index (χ0n) is 28.0. The van der Waals surface area contributed by atoms with Crippen molar-refractivity contribution < 1.29 is 19.2 Å². The first-order valence-corrected chi connectivity index (χ1v) is 16.6. The zero-order valence-corrected chi connectivity index (χ0v) is 29.5. The summed E-state index contributed by atoms with van der Waals surface area (Å²) in [5.74, 6) is -2.02. The number of nitrogens with two attached hydrogens (primary N) is 3. The van der Waals surface area contributed by atoms with Gasteiger partial charge >= 0.3 is 0 Å². The number of primary amides is 1. The molecule has 3 rings (SSSR count). The van der Waals surface area contributed by atoms with Crippen LogP contribution < -0.4 is 27.8 Å². The van der Waals surface area contributed by atoms with Crippen LogP contribution in [0.15, 0.2) is 53.5 Å². The average molecular weight is 716 g/mol. The molecular weight excluding hydrogens is 671 g/mol. The van der Waals surface area contributed by atoms with Gasteiger partial charge in [-0.15, -0.1) is 5.10 Å². The Bertz CT molecular complexity index is 1620. The van der Waals surface area contributed by atoms with Gasteiger partial charge in [0, 0.05) is 42.5 Å². The number of likely N-dealkylation sites (N-methyl/N-ethyl adjacent to an activating group) is 1. The number of hydrogen-bond donors (Lipinski definition) is 5. The van der Waals surface area contributed by atoms with E-state index in [-0.39, 0.29) is 49.4 Å². The number of aliphatic imine (C=N–C) groups is 1. The van der Waals surface area contributed by atoms with Crippen molar-refractivity contribution in [2.24, 2.45) is 28.1 Å². The Kier molecular flexibility index (Phi) is 14.4. The van der Waals surface area contributed by atoms with Crippen LogP contribution >= 0.6 is 23.2 Å². The number of rotatable bonds is 17. The number of aryl methyl sites for hydroxylation is 1. The van der Waals surface area contributed by atoms with Crippen LogP contribution in [0.3, 0.4) is 0 Å². The third-order valence-corrected chi connectivity index (χ3v) is 8.05. The van der Waals surface area contributed by atoms with Gasteiger partial charge in [0.25, 0.3) is 5.91 Å². The summed E-state index contributed by atoms with van der Waals surface area (Å²) in [6.45, 7) is 5.80. The molecule has 4 amide bonds. The van der Waals surface area contributed by atoms with E-state index in [1.807, 2.05) is 44.2 Å². The summed E-state index contributed by atoms with van der Waals surface area (Å²) in [5, 5.41) is 10.7. The highest BCUT2D eigenvalue weighted by molar-refractivity contribution is 6.34. The van der Waals surface area contributed by atoms with Crippen LogP contribution in [0.5, 0.6) is 0 Å². The van der Waals surface area contributed by atoms with Crippen LogP contribution in [-0.2, 0) is 20.8 Å². The Hall–Kier alpha value is -4.69. The number of carbonyl (C=O) groups excluding carboxylic acids is 4. The summed E-state index contributed by atoms with van der Waals surface area (Å²) in [4.78, 5) is 62.6. The molecule has 0 spiro atoms. The molecule has 0 unspecified atom stereocenters. The number of aromatic nitrogens is 3. The van der Waals surface area contributed by atoms with Crippen molar-refractivity contribution in [3.8, 4) is 5.69 Å². The number of hydrogen-bond acceptors (Lipinski definition) is 7. The van der Waals surface area contributed by atoms with E-state index in [0.29, 0.717) is 34.4 Å². The van der Waals surface area contributed by atoms with Crippen LogP contribution in [-0.4, -0.2) is 81.0 Å². The van der Waals surface area contributed by atoms with Gasteiger partial charge < -0.3 is 32.7 Å². The minimum absolute atomic E-state index is 0.0962. The van der Waals surface area contributed by atoms with E-state index < -0.39 is 35.8 Å². The standard InChI is InChI=1S/C33H44Cl2N10O4/c1-19(2)13-24(18-28(46)44(4)27(29(36)47)14-21-9-6-5-7-10-21)41-31(48)26(11-8-12-39-33(37)38)42-32(49)30-40-20(3)45(43-30)25-16-22(34)15-23(35)17-25/h5-7,9-10,15-17,19,24,26-27H,8,11-14,18H2,1-4H3,(H2,36,47)(H,41,48)(H,42,49)(H4,37,38,39)/t24-,26-,27-/m0/s1. The number of nitrogens with zero attached hydrogens (tertiary/aromatic N) is 5. The maximum Gasteiger partial charge on any atom is 0.291 e. The molecule has 264 valence electrons. The monoisotopic (exact) mass is 714 g/mol. The van der Waals surface area contributed by atoms with Crippen molar-refractivity contribution in [3.05, 3.63) is 75.8 Å². The smallest absolute Gasteiger partial charge is 0.291 e. The molecule has 0 saturated heterocycles. The molecule has 0 aliphatic carbocycles. The predicted molar refractivity (Wildman–Crippen MR) is 189 cm³/mol. The topological polar surface area (TPSA) is 217 Å². The minimum Gasteiger partial charge on any atom is -0.370 e. The Labute approximate surface area is 295 Å². The van der Waals surface area contributed by atoms with Crippen LogP contribution in [0.4, 0.5) is 0 Å². The lowest BCUT2D eigenvalue weighted by atomic mass is 9.98. The molecule has 16 heteroatoms. The number of nitrogens with one attached hydrogen (secondary N) is 2. The molecule has 2 aromatic carbocycles. The first-order chi connectivity index (χ1) is 23.1. The predicted octanol–water partition coefficient (Wildman–Crippen LogP) is 2.51. The molecule has 0 saturated carbocycles. The summed E-state index contributed by atoms with van der Waals surface area (Å²) in [7, 11) is 1.52. The van der Waals surface area contributed by atoms with Crippen molar-refractivity contribution in [1.29, 1.82) is 0 Å². The Morgan fingerprint density at radius 2 is 1.65 bits per heavy atom. The Morgan fingerprint density at radius 1 is 1.00 bits per heavy atom. The molecule has 1 heterocycles. The minimum atomic E-state index is -1.05. The highest BCUT2D eigenvalue weighted by Gasteiger charge is 2.30. The fraction of sp³-hybridized carbons (Fsp3) is 0.424. The van der Waals surface area contributed by atoms with E-state index in [1.54, 1.807) is 25.1 Å². The van der Waals surface area contributed by atoms with E-state index in [2.05, 4.69) is 25.7 Å². The molecule has 8 N–H and O–H groups in total. The maximum atomic E-state index is 13.7. The van der Waals surface area contributed by atoms with Crippen LogP contribution in [0.25, 0.3) is 5.69 Å². The molecule has 0 bridgehead atoms. The van der Waals surface area contributed by atoms with Crippen molar-refractivity contribution >= 4 is 52.8 Å². The van der Waals surface area contributed by atoms with Crippen molar-refractivity contribution in [2.45, 2.75) is 71.0 Å². The van der Waals surface area contributed by atoms with E-state index in [4.69, 9.17) is 40.4 Å². The molecule has 3 atom stereocenters. The molecule has 1 aromatic heterocycles. The summed E-state index contributed by atoms with van der Waals surface area (Å²) < 4.78 is 1.42. The third-order valence-electron chi connectivity index (χ3n) is 7.62. The second-order valence-corrected chi connectivity index (χ2v) is 13.0. The zero-order chi connectivity index (χ0) is 36.2. The number of benzene rings is 2. The molecule has 0 fully saturated rings. The van der Waals surface area contributed by atoms with Gasteiger partial charge in [-0.25, -0.2) is 9.67 Å². The summed E-state index contributed by atoms with van der Waals surface area (Å²) in [6, 6.07) is 11.5. The van der Waals surface area contributed by atoms with E-state index in [1.165, 1.54) is 16.6 Å². The average Bonchev–Trinajstić information content (AvgIpc) is 3.42. The molecule has 3 aromatic rings. The molecule has 0 aliphatic rings. The molecule has 49 heavy (non-hydrogen) atoms. The SMILES string of the molecule is Cc1nc(C(=O)N[C@@H](CCCN=C(N)N)C(=O)N[C@H](CC(=O)N(C)[C@@H](Cc2ccccc2)C(N)=O)CC(C)C)nn1-c1cc(Cl)cc(Cl)c1. The van der Waals surface area contributed by atoms with Crippen molar-refractivity contribution in [1.82, 2.24) is 30.3 Å². The first-order valence-electron chi connectivity index (χ1n) is 15.8. The first kappa shape index (κ1) is 38.8. The maximum absolute atomic E-state index is 13.7. The van der Waals surface area contributed by atoms with Gasteiger partial charge in [0.1, 0.15) is 17.9 Å². The summed E-state index contributed by atoms with van der Waals surface area (Å²) >= 11 is 12.3. The van der Waals surface area contributed by atoms with Gasteiger partial charge in [-0.1, -0.05) is 67.4 Å². The highest BCUT2D eigenvalue weighted by atomic mass is 35.5. The van der Waals surface area contributed by atoms with Gasteiger partial charge in [0.15, 0.2) is 5.96 Å². The Morgan fingerprint density at radius 3 is 2.24 bits per heavy atom. The fourth-order valence-electron chi connectivity index (χ4n) is 5.25. The van der Waals surface area contributed by atoms with E-state index >= 15 is 0 Å². The van der Waals surface area contributed by atoms with Crippen LogP contribution in [0.1, 0.15) is 61.5 Å². The van der Waals surface area contributed by atoms with Crippen LogP contribution in [0.2, 0.25) is 10.0 Å². The fourth-order valence-corrected chi connectivity index (χ4v) is 5.76. The lowest BCUT2D eigenvalue weighted by molar-refractivity contribution is -0.138. The number of halogens is 2. The molecular formula is C33H44Cl2N10O4. The van der Waals surface area contributed by atoms with Gasteiger partial charge in [0.2, 0.25) is 23.5 Å². The van der Waals surface area contributed by atoms with Gasteiger partial charge in [0.05, 0.1) is 5.69 Å². The van der Waals surface area contributed by atoms with Crippen LogP contribution in [0, 0.1) is 12.8 Å². The largest absolute Gasteiger partial charge is 0.370 e. The summed E-state index contributed by atoms with van der Waals surface area (Å²) in [5.41, 5.74) is 18.0. The molecule has 14 nitrogen and oxygen atoms in total. The quantitative estimate of drug-likeness (QED) is 0.0793. The van der Waals surface area contributed by atoms with Gasteiger partial charge in [-0.05, 0) is 55.9 Å². The van der Waals surface area contributed by atoms with Crippen molar-refractivity contribution in [2.75, 3.05) is 13.6 Å². The number of guanidine groups is 1. The molecule has 0 radical (unpaired) electrons. The normalized spacial score (nSPS) is 12.9. The van der Waals surface area contributed by atoms with Gasteiger partial charge in [-0.3, -0.25) is 24.2 Å². The second-order valence-electron chi connectivity index (χ2n) is 12.1. The second kappa shape index (κ2) is 18.2. The lowest BCUT2D eigenvalue weighted by Gasteiger charge is -2.29. The third kappa shape index (κ3) is 12.1. The number of carbonyl (C=O) groups is 4. The van der Waals surface area contributed by atoms with E-state index in [0.717, 1.165) is 5.56 Å². The Balaban J connectivity index is 1.79. The summed E-state index contributed by atoms with van der Waals surface area (Å²) in [6.07, 6.45) is 1.13. The van der Waals surface area contributed by atoms with E-state index in [9.17, 15) is 19.2 Å².